The van der Waals surface area contributed by atoms with Crippen molar-refractivity contribution in [3.05, 3.63) is 16.8 Å². The van der Waals surface area contributed by atoms with Gasteiger partial charge in [0, 0.05) is 17.8 Å². The van der Waals surface area contributed by atoms with E-state index in [1.54, 1.807) is 6.07 Å². The number of thiophene rings is 1. The van der Waals surface area contributed by atoms with E-state index in [0.29, 0.717) is 0 Å². The van der Waals surface area contributed by atoms with E-state index in [2.05, 4.69) is 0 Å². The van der Waals surface area contributed by atoms with Crippen LogP contribution in [0, 0.1) is 0 Å². The Morgan fingerprint density at radius 1 is 1.67 bits per heavy atom. The van der Waals surface area contributed by atoms with Gasteiger partial charge in [-0.1, -0.05) is 0 Å². The third-order valence-corrected chi connectivity index (χ3v) is 1.73. The summed E-state index contributed by atoms with van der Waals surface area (Å²) >= 11 is 1.51. The molecule has 0 aliphatic rings. The molecule has 1 heterocycles. The molecule has 1 aromatic heterocycles. The first-order valence-electron chi connectivity index (χ1n) is 3.14. The summed E-state index contributed by atoms with van der Waals surface area (Å²) in [4.78, 5) is 9.94. The van der Waals surface area contributed by atoms with Gasteiger partial charge in [0.05, 0.1) is 6.61 Å². The molecule has 0 atom stereocenters. The Kier molecular flexibility index (Phi) is 5.90. The molecule has 0 spiro atoms. The van der Waals surface area contributed by atoms with Gasteiger partial charge in [-0.05, 0) is 11.4 Å². The van der Waals surface area contributed by atoms with Crippen LogP contribution in [0.15, 0.2) is 16.8 Å². The Morgan fingerprint density at radius 2 is 2.42 bits per heavy atom. The van der Waals surface area contributed by atoms with E-state index in [9.17, 15) is 9.90 Å². The maximum atomic E-state index is 9.94. The molecular formula is C7H7LiO3S. The molecule has 0 amide bonds. The summed E-state index contributed by atoms with van der Waals surface area (Å²) in [6, 6.07) is 1.79. The fraction of sp³-hybridized carbons (Fsp3) is 0.286. The number of ether oxygens (including phenoxy) is 1. The monoisotopic (exact) mass is 178 g/mol. The van der Waals surface area contributed by atoms with Gasteiger partial charge in [-0.2, -0.15) is 0 Å². The number of rotatable bonds is 4. The van der Waals surface area contributed by atoms with Crippen LogP contribution in [0.5, 0.6) is 5.75 Å². The van der Waals surface area contributed by atoms with Crippen molar-refractivity contribution in [2.75, 3.05) is 6.61 Å². The zero-order valence-electron chi connectivity index (χ0n) is 6.78. The number of carbonyl (C=O) groups is 1. The van der Waals surface area contributed by atoms with Crippen LogP contribution in [0.4, 0.5) is 0 Å². The van der Waals surface area contributed by atoms with Crippen LogP contribution >= 0.6 is 11.3 Å². The molecule has 0 aliphatic heterocycles. The molecule has 0 bridgehead atoms. The number of hydrogen-bond acceptors (Lipinski definition) is 4. The normalized spacial score (nSPS) is 8.67. The minimum absolute atomic E-state index is 0. The largest absolute Gasteiger partial charge is 1.00 e. The molecule has 60 valence electrons. The first-order valence-corrected chi connectivity index (χ1v) is 4.08. The molecule has 5 heteroatoms. The second-order valence-corrected chi connectivity index (χ2v) is 2.71. The summed E-state index contributed by atoms with van der Waals surface area (Å²) in [6.45, 7) is 0.180. The van der Waals surface area contributed by atoms with Crippen molar-refractivity contribution in [2.45, 2.75) is 6.42 Å². The van der Waals surface area contributed by atoms with E-state index in [0.717, 1.165) is 5.75 Å². The predicted octanol–water partition coefficient (Wildman–Crippen LogP) is -2.73. The average molecular weight is 178 g/mol. The zero-order valence-corrected chi connectivity index (χ0v) is 7.60. The summed E-state index contributed by atoms with van der Waals surface area (Å²) in [5.41, 5.74) is 0. The molecule has 0 N–H and O–H groups in total. The van der Waals surface area contributed by atoms with E-state index < -0.39 is 5.97 Å². The van der Waals surface area contributed by atoms with Crippen molar-refractivity contribution in [1.82, 2.24) is 0 Å². The van der Waals surface area contributed by atoms with E-state index in [1.807, 2.05) is 10.8 Å². The van der Waals surface area contributed by atoms with Crippen LogP contribution in [0.2, 0.25) is 0 Å². The van der Waals surface area contributed by atoms with E-state index >= 15 is 0 Å². The van der Waals surface area contributed by atoms with Gasteiger partial charge >= 0.3 is 18.9 Å². The van der Waals surface area contributed by atoms with E-state index in [4.69, 9.17) is 4.74 Å². The Balaban J connectivity index is 0.00000121. The molecule has 3 nitrogen and oxygen atoms in total. The first kappa shape index (κ1) is 11.6. The van der Waals surface area contributed by atoms with E-state index in [-0.39, 0.29) is 31.9 Å². The van der Waals surface area contributed by atoms with Crippen molar-refractivity contribution in [3.63, 3.8) is 0 Å². The van der Waals surface area contributed by atoms with Gasteiger partial charge in [0.15, 0.2) is 0 Å². The Bertz CT molecular complexity index is 223. The third-order valence-electron chi connectivity index (χ3n) is 1.07. The topological polar surface area (TPSA) is 49.4 Å². The summed E-state index contributed by atoms with van der Waals surface area (Å²) < 4.78 is 5.05. The average Bonchev–Trinajstić information content (AvgIpc) is 2.39. The molecule has 0 unspecified atom stereocenters. The van der Waals surface area contributed by atoms with Gasteiger partial charge in [-0.15, -0.1) is 11.3 Å². The fourth-order valence-corrected chi connectivity index (χ4v) is 1.16. The Labute approximate surface area is 86.5 Å². The quantitative estimate of drug-likeness (QED) is 0.470. The molecule has 1 rings (SSSR count). The van der Waals surface area contributed by atoms with Crippen LogP contribution in [-0.2, 0) is 4.79 Å². The van der Waals surface area contributed by atoms with Crippen LogP contribution in [0.3, 0.4) is 0 Å². The zero-order chi connectivity index (χ0) is 8.10. The molecule has 0 aromatic carbocycles. The number of carboxylic acids is 1. The molecule has 0 fully saturated rings. The van der Waals surface area contributed by atoms with Crippen LogP contribution < -0.4 is 28.7 Å². The number of aliphatic carboxylic acids is 1. The minimum Gasteiger partial charge on any atom is -0.550 e. The third kappa shape index (κ3) is 4.45. The summed E-state index contributed by atoms with van der Waals surface area (Å²) in [6.07, 6.45) is -0.0597. The number of carbonyl (C=O) groups excluding carboxylic acids is 1. The van der Waals surface area contributed by atoms with Crippen LogP contribution in [0.25, 0.3) is 0 Å². The van der Waals surface area contributed by atoms with Gasteiger partial charge < -0.3 is 14.6 Å². The molecule has 12 heavy (non-hydrogen) atoms. The minimum atomic E-state index is -1.08. The summed E-state index contributed by atoms with van der Waals surface area (Å²) in [5, 5.41) is 13.6. The second-order valence-electron chi connectivity index (χ2n) is 1.93. The fourth-order valence-electron chi connectivity index (χ4n) is 0.586. The van der Waals surface area contributed by atoms with Crippen molar-refractivity contribution in [3.8, 4) is 5.75 Å². The van der Waals surface area contributed by atoms with Crippen molar-refractivity contribution in [1.29, 1.82) is 0 Å². The molecular weight excluding hydrogens is 171 g/mol. The summed E-state index contributed by atoms with van der Waals surface area (Å²) in [7, 11) is 0. The number of hydrogen-bond donors (Lipinski definition) is 0. The Hall–Kier alpha value is -0.433. The molecule has 0 radical (unpaired) electrons. The maximum absolute atomic E-state index is 9.94. The smallest absolute Gasteiger partial charge is 0.550 e. The van der Waals surface area contributed by atoms with Crippen molar-refractivity contribution < 1.29 is 33.5 Å². The van der Waals surface area contributed by atoms with E-state index in [1.165, 1.54) is 11.3 Å². The van der Waals surface area contributed by atoms with Gasteiger partial charge in [-0.3, -0.25) is 0 Å². The van der Waals surface area contributed by atoms with Gasteiger partial charge in [-0.25, -0.2) is 0 Å². The van der Waals surface area contributed by atoms with Crippen molar-refractivity contribution >= 4 is 17.3 Å². The van der Waals surface area contributed by atoms with Gasteiger partial charge in [0.2, 0.25) is 0 Å². The molecule has 0 saturated carbocycles. The van der Waals surface area contributed by atoms with Crippen LogP contribution in [-0.4, -0.2) is 12.6 Å². The second kappa shape index (κ2) is 6.12. The molecule has 1 aromatic rings. The van der Waals surface area contributed by atoms with Crippen molar-refractivity contribution in [2.24, 2.45) is 0 Å². The first-order chi connectivity index (χ1) is 5.29. The predicted molar refractivity (Wildman–Crippen MR) is 39.4 cm³/mol. The molecule has 0 aliphatic carbocycles. The molecule has 0 saturated heterocycles. The SMILES string of the molecule is O=C([O-])CCOc1ccsc1.[Li+]. The van der Waals surface area contributed by atoms with Gasteiger partial charge in [0.1, 0.15) is 5.75 Å². The van der Waals surface area contributed by atoms with Gasteiger partial charge in [0.25, 0.3) is 0 Å². The van der Waals surface area contributed by atoms with Crippen LogP contribution in [0.1, 0.15) is 6.42 Å². The summed E-state index contributed by atoms with van der Waals surface area (Å²) in [5.74, 6) is -0.364. The number of carboxylic acid groups (broad SMARTS) is 1. The Morgan fingerprint density at radius 3 is 2.92 bits per heavy atom. The maximum Gasteiger partial charge on any atom is 1.00 e. The standard InChI is InChI=1S/C7H8O3S.Li/c8-7(9)1-3-10-6-2-4-11-5-6;/h2,4-5H,1,3H2,(H,8,9);/q;+1/p-1.